The zero-order valence-electron chi connectivity index (χ0n) is 16.6. The highest BCUT2D eigenvalue weighted by atomic mass is 127. The van der Waals surface area contributed by atoms with Crippen LogP contribution in [0.3, 0.4) is 0 Å². The highest BCUT2D eigenvalue weighted by Gasteiger charge is 2.27. The average Bonchev–Trinajstić information content (AvgIpc) is 3.14. The fraction of sp³-hybridized carbons (Fsp3) is 0.947. The summed E-state index contributed by atoms with van der Waals surface area (Å²) >= 11 is 0. The Morgan fingerprint density at radius 3 is 2.40 bits per heavy atom. The molecule has 0 aromatic heterocycles. The first-order chi connectivity index (χ1) is 11.7. The molecule has 2 fully saturated rings. The van der Waals surface area contributed by atoms with Crippen LogP contribution in [0.25, 0.3) is 0 Å². The molecule has 0 atom stereocenters. The Hall–Kier alpha value is -0.0800. The molecule has 148 valence electrons. The van der Waals surface area contributed by atoms with E-state index in [2.05, 4.69) is 39.4 Å². The molecule has 0 bridgehead atoms. The number of likely N-dealkylation sites (tertiary alicyclic amines) is 1. The second kappa shape index (κ2) is 13.1. The van der Waals surface area contributed by atoms with Gasteiger partial charge in [-0.3, -0.25) is 4.99 Å². The van der Waals surface area contributed by atoms with Gasteiger partial charge in [0, 0.05) is 45.3 Å². The maximum Gasteiger partial charge on any atom is 0.191 e. The third-order valence-corrected chi connectivity index (χ3v) is 5.61. The van der Waals surface area contributed by atoms with E-state index in [1.165, 1.54) is 71.0 Å². The number of rotatable bonds is 8. The number of nitrogens with zero attached hydrogens (tertiary/aromatic N) is 3. The summed E-state index contributed by atoms with van der Waals surface area (Å²) in [4.78, 5) is 9.52. The van der Waals surface area contributed by atoms with Crippen molar-refractivity contribution in [3.05, 3.63) is 0 Å². The van der Waals surface area contributed by atoms with Crippen LogP contribution in [0.15, 0.2) is 4.99 Å². The summed E-state index contributed by atoms with van der Waals surface area (Å²) < 4.78 is 0. The maximum atomic E-state index is 4.40. The molecule has 5 nitrogen and oxygen atoms in total. The third kappa shape index (κ3) is 8.43. The number of nitrogens with one attached hydrogen (secondary N) is 2. The third-order valence-electron chi connectivity index (χ3n) is 5.61. The van der Waals surface area contributed by atoms with Crippen molar-refractivity contribution in [2.75, 3.05) is 46.8 Å². The largest absolute Gasteiger partial charge is 0.355 e. The second-order valence-electron chi connectivity index (χ2n) is 7.55. The molecule has 1 heterocycles. The average molecular weight is 465 g/mol. The SMILES string of the molecule is CCCCN(C)CCNC(=NC)NC1CCN(C2CCCC2)CC1.I. The van der Waals surface area contributed by atoms with Crippen LogP contribution in [-0.4, -0.2) is 74.7 Å². The number of hydrogen-bond acceptors (Lipinski definition) is 3. The molecule has 1 saturated heterocycles. The Morgan fingerprint density at radius 2 is 1.80 bits per heavy atom. The van der Waals surface area contributed by atoms with Crippen LogP contribution in [0, 0.1) is 0 Å². The fourth-order valence-corrected chi connectivity index (χ4v) is 3.97. The standard InChI is InChI=1S/C19H39N5.HI/c1-4-5-13-23(3)16-12-21-19(20-2)22-17-10-14-24(15-11-17)18-8-6-7-9-18;/h17-18H,4-16H2,1-3H3,(H2,20,21,22);1H. The predicted molar refractivity (Wildman–Crippen MR) is 119 cm³/mol. The van der Waals surface area contributed by atoms with E-state index in [4.69, 9.17) is 0 Å². The first kappa shape index (κ1) is 23.0. The molecule has 0 radical (unpaired) electrons. The van der Waals surface area contributed by atoms with Gasteiger partial charge >= 0.3 is 0 Å². The zero-order valence-corrected chi connectivity index (χ0v) is 18.9. The summed E-state index contributed by atoms with van der Waals surface area (Å²) in [6.07, 6.45) is 10.8. The van der Waals surface area contributed by atoms with Gasteiger partial charge in [-0.1, -0.05) is 26.2 Å². The van der Waals surface area contributed by atoms with Crippen LogP contribution in [0.2, 0.25) is 0 Å². The molecule has 0 amide bonds. The number of aliphatic imine (C=N–C) groups is 1. The van der Waals surface area contributed by atoms with Crippen molar-refractivity contribution in [3.63, 3.8) is 0 Å². The molecule has 1 aliphatic carbocycles. The summed E-state index contributed by atoms with van der Waals surface area (Å²) in [5, 5.41) is 7.10. The van der Waals surface area contributed by atoms with Gasteiger partial charge in [-0.2, -0.15) is 0 Å². The lowest BCUT2D eigenvalue weighted by Gasteiger charge is -2.36. The van der Waals surface area contributed by atoms with Crippen molar-refractivity contribution in [1.82, 2.24) is 20.4 Å². The van der Waals surface area contributed by atoms with Crippen molar-refractivity contribution in [1.29, 1.82) is 0 Å². The van der Waals surface area contributed by atoms with Gasteiger partial charge < -0.3 is 20.4 Å². The highest BCUT2D eigenvalue weighted by molar-refractivity contribution is 14.0. The summed E-state index contributed by atoms with van der Waals surface area (Å²) in [5.41, 5.74) is 0. The summed E-state index contributed by atoms with van der Waals surface area (Å²) in [6, 6.07) is 1.45. The number of likely N-dealkylation sites (N-methyl/N-ethyl adjacent to an activating group) is 1. The molecule has 0 unspecified atom stereocenters. The summed E-state index contributed by atoms with van der Waals surface area (Å²) in [6.45, 7) is 7.96. The maximum absolute atomic E-state index is 4.40. The van der Waals surface area contributed by atoms with Crippen molar-refractivity contribution >= 4 is 29.9 Å². The van der Waals surface area contributed by atoms with Gasteiger partial charge in [-0.05, 0) is 45.7 Å². The van der Waals surface area contributed by atoms with Crippen molar-refractivity contribution in [2.45, 2.75) is 70.4 Å². The molecule has 1 saturated carbocycles. The molecule has 2 aliphatic rings. The van der Waals surface area contributed by atoms with Gasteiger partial charge in [0.2, 0.25) is 0 Å². The van der Waals surface area contributed by atoms with E-state index in [1.807, 2.05) is 7.05 Å². The predicted octanol–water partition coefficient (Wildman–Crippen LogP) is 2.91. The first-order valence-corrected chi connectivity index (χ1v) is 10.1. The van der Waals surface area contributed by atoms with Gasteiger partial charge in [0.05, 0.1) is 0 Å². The normalized spacial score (nSPS) is 20.7. The van der Waals surface area contributed by atoms with E-state index in [0.717, 1.165) is 25.1 Å². The lowest BCUT2D eigenvalue weighted by atomic mass is 10.0. The molecular weight excluding hydrogens is 425 g/mol. The topological polar surface area (TPSA) is 42.9 Å². The van der Waals surface area contributed by atoms with E-state index in [9.17, 15) is 0 Å². The van der Waals surface area contributed by atoms with Gasteiger partial charge in [0.1, 0.15) is 0 Å². The Labute approximate surface area is 172 Å². The van der Waals surface area contributed by atoms with Crippen molar-refractivity contribution in [3.8, 4) is 0 Å². The Bertz CT molecular complexity index is 363. The molecule has 6 heteroatoms. The van der Waals surface area contributed by atoms with Gasteiger partial charge in [-0.25, -0.2) is 0 Å². The zero-order chi connectivity index (χ0) is 17.2. The molecule has 2 rings (SSSR count). The van der Waals surface area contributed by atoms with Crippen LogP contribution in [0.4, 0.5) is 0 Å². The number of guanidine groups is 1. The minimum absolute atomic E-state index is 0. The molecule has 25 heavy (non-hydrogen) atoms. The number of hydrogen-bond donors (Lipinski definition) is 2. The van der Waals surface area contributed by atoms with Crippen LogP contribution >= 0.6 is 24.0 Å². The van der Waals surface area contributed by atoms with E-state index in [1.54, 1.807) is 0 Å². The van der Waals surface area contributed by atoms with Crippen LogP contribution in [0.5, 0.6) is 0 Å². The van der Waals surface area contributed by atoms with E-state index in [-0.39, 0.29) is 24.0 Å². The second-order valence-corrected chi connectivity index (χ2v) is 7.55. The lowest BCUT2D eigenvalue weighted by Crippen LogP contribution is -2.51. The highest BCUT2D eigenvalue weighted by Crippen LogP contribution is 2.26. The Balaban J connectivity index is 0.00000312. The van der Waals surface area contributed by atoms with E-state index >= 15 is 0 Å². The van der Waals surface area contributed by atoms with Crippen LogP contribution in [-0.2, 0) is 0 Å². The number of halogens is 1. The van der Waals surface area contributed by atoms with E-state index < -0.39 is 0 Å². The van der Waals surface area contributed by atoms with Gasteiger partial charge in [0.25, 0.3) is 0 Å². The quantitative estimate of drug-likeness (QED) is 0.329. The monoisotopic (exact) mass is 465 g/mol. The van der Waals surface area contributed by atoms with Gasteiger partial charge in [0.15, 0.2) is 5.96 Å². The lowest BCUT2D eigenvalue weighted by molar-refractivity contribution is 0.150. The van der Waals surface area contributed by atoms with Crippen LogP contribution in [0.1, 0.15) is 58.3 Å². The van der Waals surface area contributed by atoms with Gasteiger partial charge in [-0.15, -0.1) is 24.0 Å². The first-order valence-electron chi connectivity index (χ1n) is 10.1. The Kier molecular flexibility index (Phi) is 12.1. The minimum atomic E-state index is 0. The molecule has 0 aromatic rings. The number of piperidine rings is 1. The number of unbranched alkanes of at least 4 members (excludes halogenated alkanes) is 1. The summed E-state index contributed by atoms with van der Waals surface area (Å²) in [7, 11) is 4.08. The smallest absolute Gasteiger partial charge is 0.191 e. The van der Waals surface area contributed by atoms with Crippen molar-refractivity contribution in [2.24, 2.45) is 4.99 Å². The molecular formula is C19H40IN5. The van der Waals surface area contributed by atoms with Crippen LogP contribution < -0.4 is 10.6 Å². The Morgan fingerprint density at radius 1 is 1.12 bits per heavy atom. The molecule has 1 aliphatic heterocycles. The fourth-order valence-electron chi connectivity index (χ4n) is 3.97. The minimum Gasteiger partial charge on any atom is -0.355 e. The van der Waals surface area contributed by atoms with Crippen molar-refractivity contribution < 1.29 is 0 Å². The molecule has 2 N–H and O–H groups in total. The summed E-state index contributed by atoms with van der Waals surface area (Å²) in [5.74, 6) is 0.971. The van der Waals surface area contributed by atoms with E-state index in [0.29, 0.717) is 6.04 Å². The molecule has 0 spiro atoms. The molecule has 0 aromatic carbocycles.